The fourth-order valence-corrected chi connectivity index (χ4v) is 2.71. The van der Waals surface area contributed by atoms with E-state index in [0.29, 0.717) is 17.8 Å². The number of fused-ring (bicyclic) bond motifs is 1. The average Bonchev–Trinajstić information content (AvgIpc) is 2.65. The number of aryl methyl sites for hydroxylation is 1. The lowest BCUT2D eigenvalue weighted by atomic mass is 10.1. The van der Waals surface area contributed by atoms with Crippen LogP contribution in [0.3, 0.4) is 0 Å². The van der Waals surface area contributed by atoms with Crippen molar-refractivity contribution in [3.63, 3.8) is 0 Å². The summed E-state index contributed by atoms with van der Waals surface area (Å²) in [7, 11) is 0. The van der Waals surface area contributed by atoms with Gasteiger partial charge in [-0.3, -0.25) is 4.79 Å². The maximum atomic E-state index is 12.7. The molecule has 8 heteroatoms. The van der Waals surface area contributed by atoms with Crippen molar-refractivity contribution in [3.05, 3.63) is 70.1 Å². The normalized spacial score (nSPS) is 11.4. The first-order valence-electron chi connectivity index (χ1n) is 8.43. The van der Waals surface area contributed by atoms with Crippen LogP contribution in [-0.4, -0.2) is 12.5 Å². The number of carbonyl (C=O) groups is 1. The number of ether oxygens (including phenoxy) is 1. The van der Waals surface area contributed by atoms with Crippen LogP contribution in [0.1, 0.15) is 18.1 Å². The number of hydrogen-bond donors (Lipinski definition) is 1. The van der Waals surface area contributed by atoms with Gasteiger partial charge in [0.15, 0.2) is 6.61 Å². The molecule has 0 saturated heterocycles. The van der Waals surface area contributed by atoms with Crippen molar-refractivity contribution in [2.45, 2.75) is 19.5 Å². The lowest BCUT2D eigenvalue weighted by Crippen LogP contribution is -2.20. The summed E-state index contributed by atoms with van der Waals surface area (Å²) in [5.74, 6) is -0.328. The van der Waals surface area contributed by atoms with E-state index in [-0.39, 0.29) is 5.69 Å². The van der Waals surface area contributed by atoms with Gasteiger partial charge in [-0.25, -0.2) is 4.79 Å². The summed E-state index contributed by atoms with van der Waals surface area (Å²) in [6, 6.07) is 10.6. The quantitative estimate of drug-likeness (QED) is 0.655. The molecule has 146 valence electrons. The predicted molar refractivity (Wildman–Crippen MR) is 97.4 cm³/mol. The SMILES string of the molecule is CCc1cc(=O)oc2cc(OCC(=O)Nc3cccc(C(F)(F)F)c3)ccc12. The van der Waals surface area contributed by atoms with Gasteiger partial charge in [-0.05, 0) is 42.3 Å². The Morgan fingerprint density at radius 2 is 1.93 bits per heavy atom. The number of amides is 1. The molecule has 1 N–H and O–H groups in total. The van der Waals surface area contributed by atoms with Crippen LogP contribution in [0.25, 0.3) is 11.0 Å². The number of anilines is 1. The molecule has 1 amide bonds. The zero-order valence-electron chi connectivity index (χ0n) is 14.8. The maximum Gasteiger partial charge on any atom is 0.416 e. The van der Waals surface area contributed by atoms with Crippen LogP contribution in [0, 0.1) is 0 Å². The standard InChI is InChI=1S/C20H16F3NO4/c1-2-12-8-19(26)28-17-10-15(6-7-16(12)17)27-11-18(25)24-14-5-3-4-13(9-14)20(21,22)23/h3-10H,2,11H2,1H3,(H,24,25). The van der Waals surface area contributed by atoms with Crippen LogP contribution in [0.5, 0.6) is 5.75 Å². The number of halogens is 3. The fourth-order valence-electron chi connectivity index (χ4n) is 2.71. The zero-order valence-corrected chi connectivity index (χ0v) is 14.8. The summed E-state index contributed by atoms with van der Waals surface area (Å²) >= 11 is 0. The number of carbonyl (C=O) groups excluding carboxylic acids is 1. The number of benzene rings is 2. The van der Waals surface area contributed by atoms with Crippen molar-refractivity contribution < 1.29 is 27.1 Å². The molecule has 0 fully saturated rings. The molecule has 0 saturated carbocycles. The van der Waals surface area contributed by atoms with Gasteiger partial charge in [-0.1, -0.05) is 13.0 Å². The van der Waals surface area contributed by atoms with E-state index in [1.54, 1.807) is 12.1 Å². The van der Waals surface area contributed by atoms with Gasteiger partial charge in [0.1, 0.15) is 11.3 Å². The second-order valence-corrected chi connectivity index (χ2v) is 6.02. The third kappa shape index (κ3) is 4.51. The van der Waals surface area contributed by atoms with Gasteiger partial charge in [0.25, 0.3) is 5.91 Å². The summed E-state index contributed by atoms with van der Waals surface area (Å²) in [6.07, 6.45) is -3.84. The Balaban J connectivity index is 1.69. The highest BCUT2D eigenvalue weighted by molar-refractivity contribution is 5.92. The predicted octanol–water partition coefficient (Wildman–Crippen LogP) is 4.39. The molecule has 3 aromatic rings. The zero-order chi connectivity index (χ0) is 20.3. The van der Waals surface area contributed by atoms with Crippen molar-refractivity contribution in [3.8, 4) is 5.75 Å². The lowest BCUT2D eigenvalue weighted by molar-refractivity contribution is -0.137. The highest BCUT2D eigenvalue weighted by atomic mass is 19.4. The molecule has 1 aromatic heterocycles. The number of nitrogens with one attached hydrogen (secondary N) is 1. The molecular weight excluding hydrogens is 375 g/mol. The van der Waals surface area contributed by atoms with Gasteiger partial charge in [0.05, 0.1) is 5.56 Å². The van der Waals surface area contributed by atoms with Gasteiger partial charge in [0, 0.05) is 23.2 Å². The van der Waals surface area contributed by atoms with E-state index in [1.807, 2.05) is 6.92 Å². The van der Waals surface area contributed by atoms with Crippen molar-refractivity contribution >= 4 is 22.6 Å². The Hall–Kier alpha value is -3.29. The fraction of sp³-hybridized carbons (Fsp3) is 0.200. The van der Waals surface area contributed by atoms with Gasteiger partial charge < -0.3 is 14.5 Å². The monoisotopic (exact) mass is 391 g/mol. The van der Waals surface area contributed by atoms with E-state index in [2.05, 4.69) is 5.32 Å². The molecule has 0 atom stereocenters. The molecule has 5 nitrogen and oxygen atoms in total. The van der Waals surface area contributed by atoms with Crippen molar-refractivity contribution in [2.24, 2.45) is 0 Å². The molecule has 0 aliphatic carbocycles. The summed E-state index contributed by atoms with van der Waals surface area (Å²) in [5, 5.41) is 3.12. The van der Waals surface area contributed by atoms with E-state index in [9.17, 15) is 22.8 Å². The molecule has 0 aliphatic rings. The third-order valence-corrected chi connectivity index (χ3v) is 4.03. The minimum Gasteiger partial charge on any atom is -0.484 e. The van der Waals surface area contributed by atoms with Crippen LogP contribution in [0.4, 0.5) is 18.9 Å². The summed E-state index contributed by atoms with van der Waals surface area (Å²) < 4.78 is 48.7. The molecule has 1 heterocycles. The molecule has 3 rings (SSSR count). The minimum atomic E-state index is -4.50. The topological polar surface area (TPSA) is 68.5 Å². The number of rotatable bonds is 5. The maximum absolute atomic E-state index is 12.7. The Bertz CT molecular complexity index is 1070. The molecule has 2 aromatic carbocycles. The van der Waals surface area contributed by atoms with Crippen molar-refractivity contribution in [1.82, 2.24) is 0 Å². The molecule has 0 unspecified atom stereocenters. The Kier molecular flexibility index (Phi) is 5.39. The summed E-state index contributed by atoms with van der Waals surface area (Å²) in [6.45, 7) is 1.50. The highest BCUT2D eigenvalue weighted by Crippen LogP contribution is 2.30. The van der Waals surface area contributed by atoms with E-state index in [1.165, 1.54) is 24.3 Å². The molecule has 0 spiro atoms. The Morgan fingerprint density at radius 3 is 2.64 bits per heavy atom. The van der Waals surface area contributed by atoms with E-state index in [0.717, 1.165) is 23.1 Å². The third-order valence-electron chi connectivity index (χ3n) is 4.03. The molecule has 0 bridgehead atoms. The van der Waals surface area contributed by atoms with Crippen molar-refractivity contribution in [1.29, 1.82) is 0 Å². The minimum absolute atomic E-state index is 0.0144. The number of hydrogen-bond acceptors (Lipinski definition) is 4. The highest BCUT2D eigenvalue weighted by Gasteiger charge is 2.30. The second kappa shape index (κ2) is 7.75. The van der Waals surface area contributed by atoms with E-state index in [4.69, 9.17) is 9.15 Å². The van der Waals surface area contributed by atoms with Gasteiger partial charge in [0.2, 0.25) is 0 Å². The molecule has 0 aliphatic heterocycles. The van der Waals surface area contributed by atoms with Crippen LogP contribution in [0.15, 0.2) is 57.7 Å². The van der Waals surface area contributed by atoms with Crippen molar-refractivity contribution in [2.75, 3.05) is 11.9 Å². The van der Waals surface area contributed by atoms with Crippen LogP contribution in [-0.2, 0) is 17.4 Å². The first kappa shape index (κ1) is 19.5. The van der Waals surface area contributed by atoms with Crippen LogP contribution < -0.4 is 15.7 Å². The van der Waals surface area contributed by atoms with Crippen LogP contribution >= 0.6 is 0 Å². The largest absolute Gasteiger partial charge is 0.484 e. The van der Waals surface area contributed by atoms with Gasteiger partial charge in [-0.15, -0.1) is 0 Å². The number of alkyl halides is 3. The first-order chi connectivity index (χ1) is 13.3. The van der Waals surface area contributed by atoms with Crippen LogP contribution in [0.2, 0.25) is 0 Å². The summed E-state index contributed by atoms with van der Waals surface area (Å²) in [4.78, 5) is 23.6. The first-order valence-corrected chi connectivity index (χ1v) is 8.43. The van der Waals surface area contributed by atoms with Gasteiger partial charge >= 0.3 is 11.8 Å². The smallest absolute Gasteiger partial charge is 0.416 e. The van der Waals surface area contributed by atoms with E-state index >= 15 is 0 Å². The lowest BCUT2D eigenvalue weighted by Gasteiger charge is -2.11. The van der Waals surface area contributed by atoms with Gasteiger partial charge in [-0.2, -0.15) is 13.2 Å². The molecule has 28 heavy (non-hydrogen) atoms. The second-order valence-electron chi connectivity index (χ2n) is 6.02. The van der Waals surface area contributed by atoms with E-state index < -0.39 is 29.9 Å². The Morgan fingerprint density at radius 1 is 1.14 bits per heavy atom. The molecule has 0 radical (unpaired) electrons. The summed E-state index contributed by atoms with van der Waals surface area (Å²) in [5.41, 5.74) is -0.160. The average molecular weight is 391 g/mol. The molecular formula is C20H16F3NO4. The Labute approximate surface area is 157 Å².